The van der Waals surface area contributed by atoms with Crippen molar-refractivity contribution in [1.82, 2.24) is 14.6 Å². The molecule has 4 rings (SSSR count). The van der Waals surface area contributed by atoms with E-state index >= 15 is 0 Å². The molecule has 0 saturated heterocycles. The third-order valence-corrected chi connectivity index (χ3v) is 4.82. The number of imidazole rings is 1. The topological polar surface area (TPSA) is 82.8 Å². The number of carbonyl (C=O) groups is 1. The summed E-state index contributed by atoms with van der Waals surface area (Å²) < 4.78 is 14.6. The molecule has 2 heterocycles. The van der Waals surface area contributed by atoms with Crippen LogP contribution in [0.15, 0.2) is 60.8 Å². The van der Waals surface area contributed by atoms with Crippen molar-refractivity contribution in [2.75, 3.05) is 17.3 Å². The first-order chi connectivity index (χ1) is 14.4. The molecule has 0 atom stereocenters. The number of fused-ring (bicyclic) bond motifs is 1. The van der Waals surface area contributed by atoms with Gasteiger partial charge in [-0.3, -0.25) is 4.79 Å². The minimum atomic E-state index is -0.284. The standard InChI is InChI=1S/C22H20FN5O2/c1-14-11-20-24-13-19(22(30)27(2)17-7-9-18(29)10-8-17)28(20)26-21(14)25-12-15-3-5-16(23)6-4-15/h3-11,13,29H,12H2,1-2H3,(H,25,26). The normalized spacial score (nSPS) is 10.9. The number of nitrogens with zero attached hydrogens (tertiary/aromatic N) is 4. The fraction of sp³-hybridized carbons (Fsp3) is 0.136. The molecule has 2 aromatic carbocycles. The minimum Gasteiger partial charge on any atom is -0.508 e. The van der Waals surface area contributed by atoms with Crippen LogP contribution in [-0.4, -0.2) is 32.7 Å². The van der Waals surface area contributed by atoms with Crippen LogP contribution in [0.5, 0.6) is 5.75 Å². The Morgan fingerprint density at radius 2 is 1.87 bits per heavy atom. The first-order valence-corrected chi connectivity index (χ1v) is 9.33. The number of phenols is 1. The summed E-state index contributed by atoms with van der Waals surface area (Å²) in [6.45, 7) is 2.36. The van der Waals surface area contributed by atoms with E-state index in [4.69, 9.17) is 0 Å². The molecule has 7 nitrogen and oxygen atoms in total. The van der Waals surface area contributed by atoms with E-state index in [1.54, 1.807) is 31.3 Å². The number of hydrogen-bond acceptors (Lipinski definition) is 5. The van der Waals surface area contributed by atoms with Gasteiger partial charge in [0.25, 0.3) is 5.91 Å². The molecule has 0 aliphatic heterocycles. The maximum Gasteiger partial charge on any atom is 0.278 e. The van der Waals surface area contributed by atoms with Crippen molar-refractivity contribution in [3.8, 4) is 5.75 Å². The van der Waals surface area contributed by atoms with Gasteiger partial charge in [0, 0.05) is 19.3 Å². The molecule has 30 heavy (non-hydrogen) atoms. The molecule has 1 amide bonds. The number of aromatic nitrogens is 3. The van der Waals surface area contributed by atoms with Gasteiger partial charge in [-0.25, -0.2) is 13.9 Å². The largest absolute Gasteiger partial charge is 0.508 e. The highest BCUT2D eigenvalue weighted by Gasteiger charge is 2.20. The predicted molar refractivity (Wildman–Crippen MR) is 112 cm³/mol. The fourth-order valence-electron chi connectivity index (χ4n) is 3.08. The molecule has 0 aliphatic rings. The SMILES string of the molecule is Cc1cc2ncc(C(=O)N(C)c3ccc(O)cc3)n2nc1NCc1ccc(F)cc1. The highest BCUT2D eigenvalue weighted by atomic mass is 19.1. The number of aryl methyl sites for hydroxylation is 1. The van der Waals surface area contributed by atoms with Crippen molar-refractivity contribution in [3.05, 3.63) is 83.4 Å². The van der Waals surface area contributed by atoms with Gasteiger partial charge < -0.3 is 15.3 Å². The second-order valence-corrected chi connectivity index (χ2v) is 6.95. The predicted octanol–water partition coefficient (Wildman–Crippen LogP) is 3.77. The molecule has 2 aromatic heterocycles. The van der Waals surface area contributed by atoms with Crippen LogP contribution in [0, 0.1) is 12.7 Å². The van der Waals surface area contributed by atoms with Crippen LogP contribution < -0.4 is 10.2 Å². The second-order valence-electron chi connectivity index (χ2n) is 6.95. The number of nitrogens with one attached hydrogen (secondary N) is 1. The number of benzene rings is 2. The molecule has 0 radical (unpaired) electrons. The minimum absolute atomic E-state index is 0.128. The van der Waals surface area contributed by atoms with Gasteiger partial charge in [-0.15, -0.1) is 5.10 Å². The van der Waals surface area contributed by atoms with Crippen LogP contribution >= 0.6 is 0 Å². The molecule has 0 unspecified atom stereocenters. The van der Waals surface area contributed by atoms with Gasteiger partial charge in [0.05, 0.1) is 6.20 Å². The summed E-state index contributed by atoms with van der Waals surface area (Å²) in [5.41, 5.74) is 3.29. The lowest BCUT2D eigenvalue weighted by Crippen LogP contribution is -2.27. The lowest BCUT2D eigenvalue weighted by atomic mass is 10.2. The molecule has 4 aromatic rings. The molecular weight excluding hydrogens is 385 g/mol. The van der Waals surface area contributed by atoms with E-state index in [-0.39, 0.29) is 17.5 Å². The van der Waals surface area contributed by atoms with Crippen molar-refractivity contribution < 1.29 is 14.3 Å². The van der Waals surface area contributed by atoms with Crippen LogP contribution in [0.2, 0.25) is 0 Å². The van der Waals surface area contributed by atoms with E-state index in [2.05, 4.69) is 15.4 Å². The third kappa shape index (κ3) is 3.80. The van der Waals surface area contributed by atoms with E-state index in [1.807, 2.05) is 13.0 Å². The molecule has 2 N–H and O–H groups in total. The average molecular weight is 405 g/mol. The monoisotopic (exact) mass is 405 g/mol. The summed E-state index contributed by atoms with van der Waals surface area (Å²) in [5, 5.41) is 17.2. The summed E-state index contributed by atoms with van der Waals surface area (Å²) in [5.74, 6) is 0.164. The third-order valence-electron chi connectivity index (χ3n) is 4.82. The highest BCUT2D eigenvalue weighted by Crippen LogP contribution is 2.21. The average Bonchev–Trinajstić information content (AvgIpc) is 3.15. The summed E-state index contributed by atoms with van der Waals surface area (Å²) in [7, 11) is 1.65. The Morgan fingerprint density at radius 3 is 2.57 bits per heavy atom. The summed E-state index contributed by atoms with van der Waals surface area (Å²) in [6, 6.07) is 14.4. The van der Waals surface area contributed by atoms with Gasteiger partial charge in [0.15, 0.2) is 11.3 Å². The molecule has 0 saturated carbocycles. The van der Waals surface area contributed by atoms with Gasteiger partial charge in [0.2, 0.25) is 0 Å². The maximum atomic E-state index is 13.1. The van der Waals surface area contributed by atoms with E-state index in [0.717, 1.165) is 11.1 Å². The molecule has 8 heteroatoms. The molecule has 0 aliphatic carbocycles. The quantitative estimate of drug-likeness (QED) is 0.528. The Morgan fingerprint density at radius 1 is 1.17 bits per heavy atom. The lowest BCUT2D eigenvalue weighted by molar-refractivity contribution is 0.0986. The zero-order chi connectivity index (χ0) is 21.3. The van der Waals surface area contributed by atoms with Crippen molar-refractivity contribution >= 4 is 23.1 Å². The van der Waals surface area contributed by atoms with Crippen LogP contribution in [-0.2, 0) is 6.54 Å². The molecule has 152 valence electrons. The van der Waals surface area contributed by atoms with Crippen LogP contribution in [0.4, 0.5) is 15.9 Å². The molecular formula is C22H20FN5O2. The number of aromatic hydroxyl groups is 1. The van der Waals surface area contributed by atoms with Crippen molar-refractivity contribution in [1.29, 1.82) is 0 Å². The Labute approximate surface area is 172 Å². The molecule has 0 fully saturated rings. The maximum absolute atomic E-state index is 13.1. The van der Waals surface area contributed by atoms with Crippen LogP contribution in [0.3, 0.4) is 0 Å². The number of hydrogen-bond donors (Lipinski definition) is 2. The van der Waals surface area contributed by atoms with Crippen molar-refractivity contribution in [2.24, 2.45) is 0 Å². The molecule has 0 spiro atoms. The first kappa shape index (κ1) is 19.4. The van der Waals surface area contributed by atoms with E-state index in [1.165, 1.54) is 39.9 Å². The van der Waals surface area contributed by atoms with Crippen molar-refractivity contribution in [3.63, 3.8) is 0 Å². The van der Waals surface area contributed by atoms with Gasteiger partial charge >= 0.3 is 0 Å². The number of carbonyl (C=O) groups excluding carboxylic acids is 1. The summed E-state index contributed by atoms with van der Waals surface area (Å²) in [6.07, 6.45) is 1.49. The number of phenolic OH excluding ortho intramolecular Hbond substituents is 1. The van der Waals surface area contributed by atoms with E-state index in [9.17, 15) is 14.3 Å². The second kappa shape index (κ2) is 7.82. The number of rotatable bonds is 5. The van der Waals surface area contributed by atoms with Gasteiger partial charge in [0.1, 0.15) is 17.4 Å². The summed E-state index contributed by atoms with van der Waals surface area (Å²) in [4.78, 5) is 18.8. The Kier molecular flexibility index (Phi) is 5.05. The highest BCUT2D eigenvalue weighted by molar-refractivity contribution is 6.04. The summed E-state index contributed by atoms with van der Waals surface area (Å²) >= 11 is 0. The fourth-order valence-corrected chi connectivity index (χ4v) is 3.08. The Balaban J connectivity index is 1.61. The number of amides is 1. The lowest BCUT2D eigenvalue weighted by Gasteiger charge is -2.17. The Hall–Kier alpha value is -3.94. The first-order valence-electron chi connectivity index (χ1n) is 9.33. The number of anilines is 2. The smallest absolute Gasteiger partial charge is 0.278 e. The van der Waals surface area contributed by atoms with E-state index in [0.29, 0.717) is 29.4 Å². The van der Waals surface area contributed by atoms with Gasteiger partial charge in [-0.1, -0.05) is 12.1 Å². The van der Waals surface area contributed by atoms with Crippen molar-refractivity contribution in [2.45, 2.75) is 13.5 Å². The zero-order valence-corrected chi connectivity index (χ0v) is 16.5. The van der Waals surface area contributed by atoms with Crippen LogP contribution in [0.25, 0.3) is 5.65 Å². The Bertz CT molecular complexity index is 1200. The number of halogens is 1. The molecule has 0 bridgehead atoms. The van der Waals surface area contributed by atoms with E-state index < -0.39 is 0 Å². The van der Waals surface area contributed by atoms with Gasteiger partial charge in [-0.2, -0.15) is 0 Å². The zero-order valence-electron chi connectivity index (χ0n) is 16.5. The van der Waals surface area contributed by atoms with Crippen LogP contribution in [0.1, 0.15) is 21.6 Å². The van der Waals surface area contributed by atoms with Gasteiger partial charge in [-0.05, 0) is 60.5 Å².